The van der Waals surface area contributed by atoms with Gasteiger partial charge in [-0.2, -0.15) is 0 Å². The molecule has 0 saturated carbocycles. The monoisotopic (exact) mass is 344 g/mol. The van der Waals surface area contributed by atoms with E-state index in [1.165, 1.54) is 6.07 Å². The SMILES string of the molecule is C#CCCN1CCN(c2ccc(C(=O)NC(C)C)cc2[N+](=O)[O-])CC1. The summed E-state index contributed by atoms with van der Waals surface area (Å²) in [6, 6.07) is 4.65. The summed E-state index contributed by atoms with van der Waals surface area (Å²) in [6.07, 6.45) is 6.00. The Morgan fingerprint density at radius 3 is 2.60 bits per heavy atom. The molecule has 0 atom stereocenters. The molecule has 1 heterocycles. The van der Waals surface area contributed by atoms with E-state index in [1.54, 1.807) is 12.1 Å². The molecule has 134 valence electrons. The highest BCUT2D eigenvalue weighted by Crippen LogP contribution is 2.30. The summed E-state index contributed by atoms with van der Waals surface area (Å²) in [4.78, 5) is 27.4. The second-order valence-corrected chi connectivity index (χ2v) is 6.37. The number of nitrogens with one attached hydrogen (secondary N) is 1. The van der Waals surface area contributed by atoms with Gasteiger partial charge in [-0.15, -0.1) is 12.3 Å². The second kappa shape index (κ2) is 8.49. The summed E-state index contributed by atoms with van der Waals surface area (Å²) >= 11 is 0. The Morgan fingerprint density at radius 2 is 2.04 bits per heavy atom. The van der Waals surface area contributed by atoms with E-state index in [-0.39, 0.29) is 17.6 Å². The molecule has 1 fully saturated rings. The number of carbonyl (C=O) groups is 1. The molecule has 0 spiro atoms. The number of nitro groups is 1. The Hall–Kier alpha value is -2.59. The van der Waals surface area contributed by atoms with Crippen LogP contribution >= 0.6 is 0 Å². The van der Waals surface area contributed by atoms with Crippen LogP contribution in [0.5, 0.6) is 0 Å². The van der Waals surface area contributed by atoms with Gasteiger partial charge < -0.3 is 10.2 Å². The maximum absolute atomic E-state index is 12.1. The zero-order valence-corrected chi connectivity index (χ0v) is 14.7. The van der Waals surface area contributed by atoms with Crippen molar-refractivity contribution in [2.45, 2.75) is 26.3 Å². The van der Waals surface area contributed by atoms with Crippen molar-refractivity contribution in [3.8, 4) is 12.3 Å². The van der Waals surface area contributed by atoms with Crippen LogP contribution in [0.25, 0.3) is 0 Å². The van der Waals surface area contributed by atoms with E-state index >= 15 is 0 Å². The number of amides is 1. The maximum Gasteiger partial charge on any atom is 0.293 e. The molecule has 1 aliphatic rings. The van der Waals surface area contributed by atoms with Crippen molar-refractivity contribution in [3.63, 3.8) is 0 Å². The van der Waals surface area contributed by atoms with Crippen LogP contribution in [0.4, 0.5) is 11.4 Å². The van der Waals surface area contributed by atoms with Gasteiger partial charge in [0.2, 0.25) is 0 Å². The summed E-state index contributed by atoms with van der Waals surface area (Å²) in [6.45, 7) is 7.57. The summed E-state index contributed by atoms with van der Waals surface area (Å²) in [5, 5.41) is 14.2. The fraction of sp³-hybridized carbons (Fsp3) is 0.500. The number of anilines is 1. The lowest BCUT2D eigenvalue weighted by molar-refractivity contribution is -0.384. The predicted molar refractivity (Wildman–Crippen MR) is 97.8 cm³/mol. The first kappa shape index (κ1) is 18.7. The van der Waals surface area contributed by atoms with Gasteiger partial charge in [0.25, 0.3) is 11.6 Å². The highest BCUT2D eigenvalue weighted by Gasteiger charge is 2.25. The molecule has 0 bridgehead atoms. The van der Waals surface area contributed by atoms with Gasteiger partial charge in [0.05, 0.1) is 4.92 Å². The molecule has 1 saturated heterocycles. The van der Waals surface area contributed by atoms with Gasteiger partial charge in [-0.1, -0.05) is 0 Å². The third kappa shape index (κ3) is 4.94. The number of benzene rings is 1. The van der Waals surface area contributed by atoms with E-state index in [1.807, 2.05) is 18.7 Å². The number of nitrogens with zero attached hydrogens (tertiary/aromatic N) is 3. The van der Waals surface area contributed by atoms with Crippen LogP contribution in [0.1, 0.15) is 30.6 Å². The number of hydrogen-bond acceptors (Lipinski definition) is 5. The van der Waals surface area contributed by atoms with Crippen LogP contribution < -0.4 is 10.2 Å². The maximum atomic E-state index is 12.1. The van der Waals surface area contributed by atoms with E-state index in [0.717, 1.165) is 19.6 Å². The van der Waals surface area contributed by atoms with Gasteiger partial charge in [-0.3, -0.25) is 19.8 Å². The minimum Gasteiger partial charge on any atom is -0.363 e. The van der Waals surface area contributed by atoms with E-state index in [9.17, 15) is 14.9 Å². The fourth-order valence-corrected chi connectivity index (χ4v) is 2.86. The summed E-state index contributed by atoms with van der Waals surface area (Å²) < 4.78 is 0. The molecule has 0 unspecified atom stereocenters. The number of terminal acetylenes is 1. The van der Waals surface area contributed by atoms with Crippen molar-refractivity contribution in [3.05, 3.63) is 33.9 Å². The Labute approximate surface area is 148 Å². The highest BCUT2D eigenvalue weighted by molar-refractivity contribution is 5.96. The first-order chi connectivity index (χ1) is 11.9. The Kier molecular flexibility index (Phi) is 6.37. The average Bonchev–Trinajstić information content (AvgIpc) is 2.59. The topological polar surface area (TPSA) is 78.7 Å². The van der Waals surface area contributed by atoms with Gasteiger partial charge in [-0.05, 0) is 26.0 Å². The van der Waals surface area contributed by atoms with Crippen LogP contribution in [0.15, 0.2) is 18.2 Å². The number of rotatable bonds is 6. The molecule has 7 heteroatoms. The van der Waals surface area contributed by atoms with E-state index in [4.69, 9.17) is 6.42 Å². The van der Waals surface area contributed by atoms with Crippen molar-refractivity contribution in [2.24, 2.45) is 0 Å². The van der Waals surface area contributed by atoms with Crippen molar-refractivity contribution in [1.82, 2.24) is 10.2 Å². The molecular formula is C18H24N4O3. The third-order valence-corrected chi connectivity index (χ3v) is 4.14. The molecule has 0 aliphatic carbocycles. The molecule has 7 nitrogen and oxygen atoms in total. The third-order valence-electron chi connectivity index (χ3n) is 4.14. The molecule has 0 radical (unpaired) electrons. The van der Waals surface area contributed by atoms with Crippen molar-refractivity contribution in [2.75, 3.05) is 37.6 Å². The minimum atomic E-state index is -0.424. The molecule has 2 rings (SSSR count). The summed E-state index contributed by atoms with van der Waals surface area (Å²) in [5.74, 6) is 2.33. The second-order valence-electron chi connectivity index (χ2n) is 6.37. The van der Waals surface area contributed by atoms with Crippen LogP contribution in [0, 0.1) is 22.5 Å². The molecule has 1 aromatic carbocycles. The zero-order valence-electron chi connectivity index (χ0n) is 14.7. The summed E-state index contributed by atoms with van der Waals surface area (Å²) in [7, 11) is 0. The largest absolute Gasteiger partial charge is 0.363 e. The van der Waals surface area contributed by atoms with Crippen LogP contribution in [-0.4, -0.2) is 54.5 Å². The number of piperazine rings is 1. The quantitative estimate of drug-likeness (QED) is 0.484. The highest BCUT2D eigenvalue weighted by atomic mass is 16.6. The molecule has 1 N–H and O–H groups in total. The van der Waals surface area contributed by atoms with Crippen LogP contribution in [0.3, 0.4) is 0 Å². The first-order valence-electron chi connectivity index (χ1n) is 8.42. The molecule has 0 aromatic heterocycles. The zero-order chi connectivity index (χ0) is 18.4. The lowest BCUT2D eigenvalue weighted by Gasteiger charge is -2.35. The van der Waals surface area contributed by atoms with Gasteiger partial charge in [0, 0.05) is 56.8 Å². The molecular weight excluding hydrogens is 320 g/mol. The number of hydrogen-bond donors (Lipinski definition) is 1. The molecule has 1 aliphatic heterocycles. The van der Waals surface area contributed by atoms with Gasteiger partial charge in [0.1, 0.15) is 5.69 Å². The lowest BCUT2D eigenvalue weighted by Crippen LogP contribution is -2.46. The van der Waals surface area contributed by atoms with Gasteiger partial charge >= 0.3 is 0 Å². The van der Waals surface area contributed by atoms with Crippen LogP contribution in [0.2, 0.25) is 0 Å². The van der Waals surface area contributed by atoms with E-state index in [0.29, 0.717) is 30.8 Å². The van der Waals surface area contributed by atoms with Crippen molar-refractivity contribution in [1.29, 1.82) is 0 Å². The number of carbonyl (C=O) groups excluding carboxylic acids is 1. The molecule has 25 heavy (non-hydrogen) atoms. The standard InChI is InChI=1S/C18H24N4O3/c1-4-5-8-20-9-11-21(12-10-20)16-7-6-15(13-17(16)22(24)25)18(23)19-14(2)3/h1,6-7,13-14H,5,8-12H2,2-3H3,(H,19,23). The van der Waals surface area contributed by atoms with Gasteiger partial charge in [0.15, 0.2) is 0 Å². The Morgan fingerprint density at radius 1 is 1.36 bits per heavy atom. The van der Waals surface area contributed by atoms with Gasteiger partial charge in [-0.25, -0.2) is 0 Å². The van der Waals surface area contributed by atoms with Crippen LogP contribution in [-0.2, 0) is 0 Å². The van der Waals surface area contributed by atoms with E-state index in [2.05, 4.69) is 16.1 Å². The Bertz CT molecular complexity index is 673. The average molecular weight is 344 g/mol. The smallest absolute Gasteiger partial charge is 0.293 e. The minimum absolute atomic E-state index is 0.0256. The van der Waals surface area contributed by atoms with Crippen molar-refractivity contribution < 1.29 is 9.72 Å². The predicted octanol–water partition coefficient (Wildman–Crippen LogP) is 1.88. The Balaban J connectivity index is 2.15. The summed E-state index contributed by atoms with van der Waals surface area (Å²) in [5.41, 5.74) is 0.827. The van der Waals surface area contributed by atoms with Crippen molar-refractivity contribution >= 4 is 17.3 Å². The normalized spacial score (nSPS) is 15.0. The first-order valence-corrected chi connectivity index (χ1v) is 8.42. The lowest BCUT2D eigenvalue weighted by atomic mass is 10.1. The molecule has 1 aromatic rings. The van der Waals surface area contributed by atoms with E-state index < -0.39 is 4.92 Å². The number of nitro benzene ring substituents is 1. The fourth-order valence-electron chi connectivity index (χ4n) is 2.86. The molecule has 1 amide bonds.